The molecule has 0 aliphatic heterocycles. The van der Waals surface area contributed by atoms with Crippen LogP contribution in [0.3, 0.4) is 0 Å². The van der Waals surface area contributed by atoms with Crippen molar-refractivity contribution in [1.82, 2.24) is 5.32 Å². The summed E-state index contributed by atoms with van der Waals surface area (Å²) in [5, 5.41) is 13.7. The molecule has 338 valence electrons. The number of nitrogens with one attached hydrogen (secondary N) is 1. The lowest BCUT2D eigenvalue weighted by Crippen LogP contribution is -2.45. The van der Waals surface area contributed by atoms with Crippen LogP contribution in [0.1, 0.15) is 245 Å². The fraction of sp³-hybridized carbons (Fsp3) is 0.896. The van der Waals surface area contributed by atoms with E-state index in [4.69, 9.17) is 14.8 Å². The highest BCUT2D eigenvalue weighted by molar-refractivity contribution is 7.47. The molecule has 0 aliphatic carbocycles. The Morgan fingerprint density at radius 3 is 1.35 bits per heavy atom. The van der Waals surface area contributed by atoms with Crippen LogP contribution in [-0.2, 0) is 18.4 Å². The van der Waals surface area contributed by atoms with E-state index in [1.807, 2.05) is 6.08 Å². The van der Waals surface area contributed by atoms with Crippen LogP contribution in [0.25, 0.3) is 0 Å². The molecule has 0 heterocycles. The van der Waals surface area contributed by atoms with Crippen molar-refractivity contribution in [3.8, 4) is 0 Å². The van der Waals surface area contributed by atoms with E-state index in [0.717, 1.165) is 38.5 Å². The van der Waals surface area contributed by atoms with Gasteiger partial charge in [0, 0.05) is 13.0 Å². The third-order valence-corrected chi connectivity index (χ3v) is 12.0. The highest BCUT2D eigenvalue weighted by Crippen LogP contribution is 2.43. The summed E-state index contributed by atoms with van der Waals surface area (Å²) in [6.45, 7) is 4.15. The molecule has 0 aromatic heterocycles. The molecule has 0 radical (unpaired) electrons. The van der Waals surface area contributed by atoms with Crippen LogP contribution in [0.15, 0.2) is 24.3 Å². The molecule has 3 unspecified atom stereocenters. The Morgan fingerprint density at radius 1 is 0.561 bits per heavy atom. The first-order valence-corrected chi connectivity index (χ1v) is 26.0. The molecule has 0 rings (SSSR count). The monoisotopic (exact) mass is 827 g/mol. The lowest BCUT2D eigenvalue weighted by Gasteiger charge is -2.23. The zero-order valence-corrected chi connectivity index (χ0v) is 38.5. The fourth-order valence-corrected chi connectivity index (χ4v) is 8.09. The van der Waals surface area contributed by atoms with Gasteiger partial charge in [0.1, 0.15) is 0 Å². The fourth-order valence-electron chi connectivity index (χ4n) is 7.33. The summed E-state index contributed by atoms with van der Waals surface area (Å²) in [5.74, 6) is -0.199. The van der Waals surface area contributed by atoms with Crippen LogP contribution in [0, 0.1) is 0 Å². The predicted octanol–water partition coefficient (Wildman–Crippen LogP) is 14.1. The van der Waals surface area contributed by atoms with Crippen LogP contribution in [-0.4, -0.2) is 47.8 Å². The summed E-state index contributed by atoms with van der Waals surface area (Å²) < 4.78 is 22.2. The summed E-state index contributed by atoms with van der Waals surface area (Å²) in [6.07, 6.45) is 52.4. The van der Waals surface area contributed by atoms with Gasteiger partial charge in [0.25, 0.3) is 0 Å². The molecule has 5 N–H and O–H groups in total. The average molecular weight is 827 g/mol. The summed E-state index contributed by atoms with van der Waals surface area (Å²) in [6, 6.07) is -0.873. The number of phosphoric ester groups is 1. The first kappa shape index (κ1) is 56.0. The Hall–Kier alpha value is -1.02. The van der Waals surface area contributed by atoms with Crippen LogP contribution < -0.4 is 11.1 Å². The largest absolute Gasteiger partial charge is 0.472 e. The van der Waals surface area contributed by atoms with Crippen molar-refractivity contribution in [3.63, 3.8) is 0 Å². The highest BCUT2D eigenvalue weighted by atomic mass is 31.2. The molecule has 0 bridgehead atoms. The number of carbonyl (C=O) groups excluding carboxylic acids is 1. The molecule has 0 aromatic rings. The molecular weight excluding hydrogens is 732 g/mol. The SMILES string of the molecule is CCCCCCCCCCCCC/C=C/CC/C=C/C(O)C(COP(=O)(O)OCCN)NC(=O)CCCCCCCCCCCCCCCCCCCCCCC. The number of rotatable bonds is 46. The zero-order chi connectivity index (χ0) is 41.8. The molecular formula is C48H95N2O6P. The third kappa shape index (κ3) is 42.9. The summed E-state index contributed by atoms with van der Waals surface area (Å²) in [4.78, 5) is 22.8. The average Bonchev–Trinajstić information content (AvgIpc) is 3.20. The van der Waals surface area contributed by atoms with Gasteiger partial charge in [0.05, 0.1) is 25.4 Å². The van der Waals surface area contributed by atoms with E-state index in [1.165, 1.54) is 186 Å². The third-order valence-electron chi connectivity index (χ3n) is 11.0. The quantitative estimate of drug-likeness (QED) is 0.0273. The summed E-state index contributed by atoms with van der Waals surface area (Å²) in [7, 11) is -4.35. The maximum Gasteiger partial charge on any atom is 0.472 e. The topological polar surface area (TPSA) is 131 Å². The Kier molecular flexibility index (Phi) is 43.7. The number of amides is 1. The molecule has 8 nitrogen and oxygen atoms in total. The molecule has 0 saturated carbocycles. The van der Waals surface area contributed by atoms with Gasteiger partial charge in [-0.2, -0.15) is 0 Å². The molecule has 0 saturated heterocycles. The highest BCUT2D eigenvalue weighted by Gasteiger charge is 2.26. The van der Waals surface area contributed by atoms with Gasteiger partial charge in [-0.3, -0.25) is 13.8 Å². The number of carbonyl (C=O) groups is 1. The zero-order valence-electron chi connectivity index (χ0n) is 37.6. The van der Waals surface area contributed by atoms with Crippen molar-refractivity contribution in [2.45, 2.75) is 257 Å². The number of hydrogen-bond acceptors (Lipinski definition) is 6. The number of aliphatic hydroxyl groups excluding tert-OH is 1. The minimum atomic E-state index is -4.35. The van der Waals surface area contributed by atoms with E-state index in [1.54, 1.807) is 6.08 Å². The van der Waals surface area contributed by atoms with Crippen LogP contribution in [0.2, 0.25) is 0 Å². The van der Waals surface area contributed by atoms with E-state index in [0.29, 0.717) is 6.42 Å². The number of phosphoric acid groups is 1. The van der Waals surface area contributed by atoms with Gasteiger partial charge in [-0.25, -0.2) is 4.57 Å². The van der Waals surface area contributed by atoms with Crippen LogP contribution in [0.5, 0.6) is 0 Å². The van der Waals surface area contributed by atoms with Crippen molar-refractivity contribution in [2.24, 2.45) is 5.73 Å². The normalized spacial score (nSPS) is 14.1. The van der Waals surface area contributed by atoms with Crippen LogP contribution in [0.4, 0.5) is 0 Å². The van der Waals surface area contributed by atoms with Crippen molar-refractivity contribution < 1.29 is 28.4 Å². The van der Waals surface area contributed by atoms with Gasteiger partial charge in [-0.1, -0.05) is 231 Å². The smallest absolute Gasteiger partial charge is 0.387 e. The first-order valence-electron chi connectivity index (χ1n) is 24.5. The van der Waals surface area contributed by atoms with Gasteiger partial charge in [0.2, 0.25) is 5.91 Å². The molecule has 0 aliphatic rings. The predicted molar refractivity (Wildman–Crippen MR) is 245 cm³/mol. The summed E-state index contributed by atoms with van der Waals surface area (Å²) >= 11 is 0. The summed E-state index contributed by atoms with van der Waals surface area (Å²) in [5.41, 5.74) is 5.38. The maximum atomic E-state index is 12.8. The van der Waals surface area contributed by atoms with Crippen LogP contribution >= 0.6 is 7.82 Å². The van der Waals surface area contributed by atoms with E-state index in [2.05, 4.69) is 31.3 Å². The molecule has 0 spiro atoms. The molecule has 9 heteroatoms. The maximum absolute atomic E-state index is 12.8. The Bertz CT molecular complexity index is 948. The Labute approximate surface area is 353 Å². The van der Waals surface area contributed by atoms with Gasteiger partial charge >= 0.3 is 7.82 Å². The number of aliphatic hydroxyl groups is 1. The standard InChI is InChI=1S/C48H95N2O6P/c1-3-5-7-9-11-13-15-17-19-21-22-23-24-26-28-30-32-34-36-38-40-42-48(52)50-46(45-56-57(53,54)55-44-43-49)47(51)41-39-37-35-33-31-29-27-25-20-18-16-14-12-10-8-6-4-2/h31,33,39,41,46-47,51H,3-30,32,34-38,40,42-45,49H2,1-2H3,(H,50,52)(H,53,54)/b33-31+,41-39+. The number of hydrogen-bond donors (Lipinski definition) is 4. The second-order valence-electron chi connectivity index (χ2n) is 16.7. The van der Waals surface area contributed by atoms with Gasteiger partial charge in [0.15, 0.2) is 0 Å². The number of allylic oxidation sites excluding steroid dienone is 3. The number of unbranched alkanes of at least 4 members (excludes halogenated alkanes) is 32. The van der Waals surface area contributed by atoms with Gasteiger partial charge in [-0.15, -0.1) is 0 Å². The minimum Gasteiger partial charge on any atom is -0.387 e. The number of nitrogens with two attached hydrogens (primary N) is 1. The lowest BCUT2D eigenvalue weighted by molar-refractivity contribution is -0.123. The molecule has 0 fully saturated rings. The van der Waals surface area contributed by atoms with E-state index in [9.17, 15) is 19.4 Å². The lowest BCUT2D eigenvalue weighted by atomic mass is 10.0. The first-order chi connectivity index (χ1) is 27.9. The second kappa shape index (κ2) is 44.5. The van der Waals surface area contributed by atoms with Crippen molar-refractivity contribution >= 4 is 13.7 Å². The van der Waals surface area contributed by atoms with Crippen molar-refractivity contribution in [1.29, 1.82) is 0 Å². The molecule has 57 heavy (non-hydrogen) atoms. The van der Waals surface area contributed by atoms with E-state index >= 15 is 0 Å². The van der Waals surface area contributed by atoms with Crippen molar-refractivity contribution in [2.75, 3.05) is 19.8 Å². The molecule has 0 aromatic carbocycles. The minimum absolute atomic E-state index is 0.0761. The Balaban J connectivity index is 4.13. The van der Waals surface area contributed by atoms with Gasteiger partial charge in [-0.05, 0) is 32.1 Å². The molecule has 3 atom stereocenters. The van der Waals surface area contributed by atoms with E-state index < -0.39 is 20.0 Å². The molecule has 1 amide bonds. The van der Waals surface area contributed by atoms with Gasteiger partial charge < -0.3 is 21.1 Å². The second-order valence-corrected chi connectivity index (χ2v) is 18.1. The Morgan fingerprint density at radius 2 is 0.930 bits per heavy atom. The van der Waals surface area contributed by atoms with Crippen molar-refractivity contribution in [3.05, 3.63) is 24.3 Å². The van der Waals surface area contributed by atoms with E-state index in [-0.39, 0.29) is 25.7 Å².